The van der Waals surface area contributed by atoms with Crippen molar-refractivity contribution < 1.29 is 13.5 Å². The molecule has 3 heterocycles. The first-order valence-electron chi connectivity index (χ1n) is 7.80. The van der Waals surface area contributed by atoms with Gasteiger partial charge in [-0.1, -0.05) is 30.7 Å². The largest absolute Gasteiger partial charge is 0.385 e. The molecule has 22 heavy (non-hydrogen) atoms. The molecule has 1 N–H and O–H groups in total. The summed E-state index contributed by atoms with van der Waals surface area (Å²) in [6.45, 7) is 0. The normalized spacial score (nSPS) is 33.7. The average Bonchev–Trinajstić information content (AvgIpc) is 2.48. The molecule has 2 unspecified atom stereocenters. The lowest BCUT2D eigenvalue weighted by atomic mass is 9.79. The topological polar surface area (TPSA) is 67.3 Å². The average molecular weight is 317 g/mol. The lowest BCUT2D eigenvalue weighted by molar-refractivity contribution is 0.00624. The van der Waals surface area contributed by atoms with Gasteiger partial charge in [-0.2, -0.15) is 0 Å². The number of rotatable bonds is 1. The van der Waals surface area contributed by atoms with E-state index in [9.17, 15) is 13.5 Å². The Balaban J connectivity index is 1.85. The first kappa shape index (κ1) is 14.2. The number of hydrogen-bond acceptors (Lipinski definition) is 4. The van der Waals surface area contributed by atoms with Crippen LogP contribution >= 0.6 is 0 Å². The molecular weight excluding hydrogens is 298 g/mol. The molecule has 4 nitrogen and oxygen atoms in total. The molecule has 116 valence electrons. The van der Waals surface area contributed by atoms with Crippen LogP contribution in [0, 0.1) is 0 Å². The maximum absolute atomic E-state index is 12.5. The summed E-state index contributed by atoms with van der Waals surface area (Å²) in [5.41, 5.74) is 0.469. The molecule has 2 bridgehead atoms. The van der Waals surface area contributed by atoms with Gasteiger partial charge in [0, 0.05) is 17.1 Å². The molecule has 0 aliphatic carbocycles. The molecule has 0 amide bonds. The van der Waals surface area contributed by atoms with E-state index in [1.54, 1.807) is 6.20 Å². The summed E-state index contributed by atoms with van der Waals surface area (Å²) < 4.78 is 24.9. The Hall–Kier alpha value is -1.46. The molecule has 0 radical (unpaired) electrons. The molecule has 2 saturated heterocycles. The number of hydrogen-bond donors (Lipinski definition) is 1. The second kappa shape index (κ2) is 4.77. The lowest BCUT2D eigenvalue weighted by Gasteiger charge is -2.44. The number of benzene rings is 1. The fraction of sp³-hybridized carbons (Fsp3) is 0.471. The van der Waals surface area contributed by atoms with Crippen molar-refractivity contribution in [2.24, 2.45) is 0 Å². The SMILES string of the molecule is O=S1(=O)C2CCCC1CC(O)(c1cccc3cccnc13)C2. The van der Waals surface area contributed by atoms with Gasteiger partial charge in [-0.05, 0) is 31.7 Å². The number of pyridine rings is 1. The Morgan fingerprint density at radius 1 is 1.09 bits per heavy atom. The summed E-state index contributed by atoms with van der Waals surface area (Å²) in [5, 5.41) is 11.4. The van der Waals surface area contributed by atoms with E-state index in [0.29, 0.717) is 25.7 Å². The van der Waals surface area contributed by atoms with E-state index in [2.05, 4.69) is 4.98 Å². The van der Waals surface area contributed by atoms with Gasteiger partial charge in [0.05, 0.1) is 21.6 Å². The van der Waals surface area contributed by atoms with Gasteiger partial charge in [0.15, 0.2) is 9.84 Å². The molecular formula is C17H19NO3S. The number of aromatic nitrogens is 1. The van der Waals surface area contributed by atoms with Gasteiger partial charge in [0.1, 0.15) is 0 Å². The van der Waals surface area contributed by atoms with E-state index in [-0.39, 0.29) is 0 Å². The molecule has 1 aromatic heterocycles. The van der Waals surface area contributed by atoms with Crippen molar-refractivity contribution in [1.82, 2.24) is 4.98 Å². The van der Waals surface area contributed by atoms with Gasteiger partial charge in [0.2, 0.25) is 0 Å². The standard InChI is InChI=1S/C17H19NO3S/c19-17(10-13-6-2-7-14(11-17)22(13,20)21)15-8-1-4-12-5-3-9-18-16(12)15/h1,3-5,8-9,13-14,19H,2,6-7,10-11H2. The highest BCUT2D eigenvalue weighted by atomic mass is 32.2. The van der Waals surface area contributed by atoms with E-state index in [0.717, 1.165) is 22.9 Å². The molecule has 2 fully saturated rings. The van der Waals surface area contributed by atoms with E-state index >= 15 is 0 Å². The summed E-state index contributed by atoms with van der Waals surface area (Å²) >= 11 is 0. The summed E-state index contributed by atoms with van der Waals surface area (Å²) in [6, 6.07) is 9.61. The zero-order chi connectivity index (χ0) is 15.4. The summed E-state index contributed by atoms with van der Waals surface area (Å²) in [5.74, 6) is 0. The molecule has 1 aromatic carbocycles. The van der Waals surface area contributed by atoms with Crippen LogP contribution in [0.15, 0.2) is 36.5 Å². The Labute approximate surface area is 130 Å². The molecule has 5 heteroatoms. The van der Waals surface area contributed by atoms with Gasteiger partial charge in [-0.15, -0.1) is 0 Å². The molecule has 4 rings (SSSR count). The quantitative estimate of drug-likeness (QED) is 0.878. The van der Waals surface area contributed by atoms with Crippen LogP contribution < -0.4 is 0 Å². The van der Waals surface area contributed by atoms with Crippen molar-refractivity contribution in [3.8, 4) is 0 Å². The summed E-state index contributed by atoms with van der Waals surface area (Å²) in [7, 11) is -3.08. The summed E-state index contributed by atoms with van der Waals surface area (Å²) in [6.07, 6.45) is 4.58. The highest BCUT2D eigenvalue weighted by Gasteiger charge is 2.51. The summed E-state index contributed by atoms with van der Waals surface area (Å²) in [4.78, 5) is 4.42. The van der Waals surface area contributed by atoms with Gasteiger partial charge in [0.25, 0.3) is 0 Å². The minimum atomic E-state index is -3.08. The second-order valence-corrected chi connectivity index (χ2v) is 9.10. The molecule has 0 saturated carbocycles. The van der Waals surface area contributed by atoms with Crippen molar-refractivity contribution in [1.29, 1.82) is 0 Å². The zero-order valence-corrected chi connectivity index (χ0v) is 13.1. The second-order valence-electron chi connectivity index (χ2n) is 6.58. The van der Waals surface area contributed by atoms with Crippen molar-refractivity contribution in [2.45, 2.75) is 48.2 Å². The van der Waals surface area contributed by atoms with Crippen LogP contribution in [-0.4, -0.2) is 29.0 Å². The van der Waals surface area contributed by atoms with Crippen LogP contribution in [0.3, 0.4) is 0 Å². The Kier molecular flexibility index (Phi) is 3.07. The molecule has 2 aliphatic heterocycles. The number of nitrogens with zero attached hydrogens (tertiary/aromatic N) is 1. The highest BCUT2D eigenvalue weighted by molar-refractivity contribution is 7.92. The maximum atomic E-state index is 12.5. The molecule has 2 atom stereocenters. The smallest absolute Gasteiger partial charge is 0.156 e. The molecule has 0 spiro atoms. The van der Waals surface area contributed by atoms with Crippen LogP contribution in [0.25, 0.3) is 10.9 Å². The number of sulfone groups is 1. The number of para-hydroxylation sites is 1. The first-order chi connectivity index (χ1) is 10.5. The van der Waals surface area contributed by atoms with Crippen LogP contribution in [0.1, 0.15) is 37.7 Å². The third kappa shape index (κ3) is 1.99. The minimum absolute atomic E-state index is 0.293. The zero-order valence-electron chi connectivity index (χ0n) is 12.3. The van der Waals surface area contributed by atoms with E-state index in [4.69, 9.17) is 0 Å². The fourth-order valence-electron chi connectivity index (χ4n) is 4.15. The van der Waals surface area contributed by atoms with Crippen molar-refractivity contribution in [3.05, 3.63) is 42.1 Å². The van der Waals surface area contributed by atoms with Crippen LogP contribution in [0.5, 0.6) is 0 Å². The predicted molar refractivity (Wildman–Crippen MR) is 85.2 cm³/mol. The number of aliphatic hydroxyl groups is 1. The predicted octanol–water partition coefficient (Wildman–Crippen LogP) is 2.55. The van der Waals surface area contributed by atoms with Crippen molar-refractivity contribution >= 4 is 20.7 Å². The Morgan fingerprint density at radius 3 is 2.50 bits per heavy atom. The van der Waals surface area contributed by atoms with Gasteiger partial charge in [-0.3, -0.25) is 4.98 Å². The van der Waals surface area contributed by atoms with Crippen molar-refractivity contribution in [3.63, 3.8) is 0 Å². The lowest BCUT2D eigenvalue weighted by Crippen LogP contribution is -2.50. The van der Waals surface area contributed by atoms with Gasteiger partial charge in [-0.25, -0.2) is 8.42 Å². The molecule has 2 aliphatic rings. The third-order valence-corrected chi connectivity index (χ3v) is 7.91. The van der Waals surface area contributed by atoms with Crippen molar-refractivity contribution in [2.75, 3.05) is 0 Å². The first-order valence-corrected chi connectivity index (χ1v) is 9.41. The van der Waals surface area contributed by atoms with E-state index < -0.39 is 25.9 Å². The Bertz CT molecular complexity index is 805. The fourth-order valence-corrected chi connectivity index (χ4v) is 6.70. The van der Waals surface area contributed by atoms with E-state index in [1.807, 2.05) is 30.3 Å². The number of fused-ring (bicyclic) bond motifs is 3. The molecule has 2 aromatic rings. The van der Waals surface area contributed by atoms with E-state index in [1.165, 1.54) is 0 Å². The maximum Gasteiger partial charge on any atom is 0.156 e. The van der Waals surface area contributed by atoms with Gasteiger partial charge < -0.3 is 5.11 Å². The van der Waals surface area contributed by atoms with Crippen LogP contribution in [-0.2, 0) is 15.4 Å². The third-order valence-electron chi connectivity index (χ3n) is 5.25. The van der Waals surface area contributed by atoms with Crippen LogP contribution in [0.2, 0.25) is 0 Å². The van der Waals surface area contributed by atoms with Gasteiger partial charge >= 0.3 is 0 Å². The highest BCUT2D eigenvalue weighted by Crippen LogP contribution is 2.47. The minimum Gasteiger partial charge on any atom is -0.385 e. The monoisotopic (exact) mass is 317 g/mol. The van der Waals surface area contributed by atoms with Crippen LogP contribution in [0.4, 0.5) is 0 Å². The Morgan fingerprint density at radius 2 is 1.77 bits per heavy atom.